The molecule has 10 heteroatoms. The molecule has 0 saturated heterocycles. The van der Waals surface area contributed by atoms with E-state index in [1.807, 2.05) is 88.4 Å². The largest absolute Gasteiger partial charge is 0.491 e. The van der Waals surface area contributed by atoms with Gasteiger partial charge in [-0.25, -0.2) is 4.79 Å². The highest BCUT2D eigenvalue weighted by Crippen LogP contribution is 2.20. The summed E-state index contributed by atoms with van der Waals surface area (Å²) in [5, 5.41) is 0. The van der Waals surface area contributed by atoms with Gasteiger partial charge in [0.15, 0.2) is 0 Å². The zero-order chi connectivity index (χ0) is 31.5. The number of carbonyl (C=O) groups excluding carboxylic acids is 1. The fourth-order valence-corrected chi connectivity index (χ4v) is 4.72. The van der Waals surface area contributed by atoms with Crippen LogP contribution in [0.2, 0.25) is 0 Å². The minimum Gasteiger partial charge on any atom is -0.491 e. The first kappa shape index (κ1) is 33.8. The highest BCUT2D eigenvalue weighted by atomic mass is 32.2. The van der Waals surface area contributed by atoms with Crippen molar-refractivity contribution in [1.29, 1.82) is 0 Å². The van der Waals surface area contributed by atoms with Crippen molar-refractivity contribution in [3.05, 3.63) is 89.0 Å². The van der Waals surface area contributed by atoms with Crippen LogP contribution >= 0.6 is 0 Å². The highest BCUT2D eigenvalue weighted by Gasteiger charge is 2.20. The van der Waals surface area contributed by atoms with Gasteiger partial charge in [-0.2, -0.15) is 8.42 Å². The van der Waals surface area contributed by atoms with Crippen molar-refractivity contribution < 1.29 is 36.7 Å². The summed E-state index contributed by atoms with van der Waals surface area (Å²) < 4.78 is 54.7. The van der Waals surface area contributed by atoms with Gasteiger partial charge >= 0.3 is 6.09 Å². The first-order valence-corrected chi connectivity index (χ1v) is 15.5. The molecule has 0 atom stereocenters. The molecule has 0 saturated carbocycles. The molecule has 3 aromatic carbocycles. The van der Waals surface area contributed by atoms with Gasteiger partial charge in [0.25, 0.3) is 10.1 Å². The second kappa shape index (κ2) is 15.7. The zero-order valence-corrected chi connectivity index (χ0v) is 26.2. The van der Waals surface area contributed by atoms with Crippen molar-refractivity contribution in [3.63, 3.8) is 0 Å². The number of carbonyl (C=O) groups is 1. The molecular formula is C33H41NO8S. The van der Waals surface area contributed by atoms with Crippen LogP contribution in [-0.4, -0.2) is 64.7 Å². The molecule has 0 unspecified atom stereocenters. The van der Waals surface area contributed by atoms with Crippen molar-refractivity contribution in [3.8, 4) is 5.75 Å². The van der Waals surface area contributed by atoms with Crippen LogP contribution < -0.4 is 9.64 Å². The smallest absolute Gasteiger partial charge is 0.414 e. The molecule has 0 aliphatic heterocycles. The van der Waals surface area contributed by atoms with Crippen LogP contribution in [0, 0.1) is 6.92 Å². The van der Waals surface area contributed by atoms with Gasteiger partial charge in [0.05, 0.1) is 31.3 Å². The van der Waals surface area contributed by atoms with E-state index in [1.54, 1.807) is 19.2 Å². The van der Waals surface area contributed by atoms with Gasteiger partial charge < -0.3 is 18.9 Å². The van der Waals surface area contributed by atoms with Crippen LogP contribution in [0.25, 0.3) is 12.2 Å². The number of rotatable bonds is 14. The molecule has 3 rings (SSSR count). The van der Waals surface area contributed by atoms with Crippen molar-refractivity contribution in [2.24, 2.45) is 0 Å². The summed E-state index contributed by atoms with van der Waals surface area (Å²) in [5.41, 5.74) is 3.65. The molecule has 0 fully saturated rings. The Morgan fingerprint density at radius 2 is 1.40 bits per heavy atom. The maximum atomic E-state index is 12.3. The molecule has 0 bridgehead atoms. The standard InChI is InChI=1S/C33H41NO8S/c1-25-6-17-31(43(36,37)38)28(24-25)18-19-39-20-21-40-22-23-41-30-15-11-27(12-16-30)8-7-26-9-13-29(14-10-26)34(5)32(35)42-33(2,3)4/h6-17,24H,18-23H2,1-5H3,(H,36,37,38). The summed E-state index contributed by atoms with van der Waals surface area (Å²) in [5.74, 6) is 0.735. The number of nitrogens with zero attached hydrogens (tertiary/aromatic N) is 1. The Balaban J connectivity index is 1.32. The lowest BCUT2D eigenvalue weighted by atomic mass is 10.1. The van der Waals surface area contributed by atoms with Gasteiger partial charge in [-0.1, -0.05) is 54.1 Å². The molecule has 1 N–H and O–H groups in total. The fourth-order valence-electron chi connectivity index (χ4n) is 3.99. The SMILES string of the molecule is Cc1ccc(S(=O)(=O)O)c(CCOCCOCCOc2ccc(C=Cc3ccc(N(C)C(=O)OC(C)(C)C)cc3)cc2)c1. The lowest BCUT2D eigenvalue weighted by molar-refractivity contribution is 0.0372. The first-order chi connectivity index (χ1) is 20.3. The van der Waals surface area contributed by atoms with Gasteiger partial charge in [-0.15, -0.1) is 0 Å². The molecule has 43 heavy (non-hydrogen) atoms. The van der Waals surface area contributed by atoms with Gasteiger partial charge in [0.1, 0.15) is 18.0 Å². The quantitative estimate of drug-likeness (QED) is 0.126. The third-order valence-corrected chi connectivity index (χ3v) is 7.13. The van der Waals surface area contributed by atoms with Crippen LogP contribution in [0.3, 0.4) is 0 Å². The van der Waals surface area contributed by atoms with Crippen LogP contribution in [0.1, 0.15) is 43.0 Å². The van der Waals surface area contributed by atoms with Gasteiger partial charge in [-0.3, -0.25) is 9.45 Å². The number of aryl methyl sites for hydroxylation is 1. The molecule has 9 nitrogen and oxygen atoms in total. The molecule has 0 aliphatic rings. The number of benzene rings is 3. The Kier molecular flexibility index (Phi) is 12.3. The maximum absolute atomic E-state index is 12.3. The molecular weight excluding hydrogens is 570 g/mol. The van der Waals surface area contributed by atoms with Crippen LogP contribution in [-0.2, 0) is 30.7 Å². The third kappa shape index (κ3) is 11.8. The van der Waals surface area contributed by atoms with E-state index in [4.69, 9.17) is 18.9 Å². The average Bonchev–Trinajstić information content (AvgIpc) is 2.94. The summed E-state index contributed by atoms with van der Waals surface area (Å²) in [4.78, 5) is 13.7. The van der Waals surface area contributed by atoms with Crippen LogP contribution in [0.5, 0.6) is 5.75 Å². The normalized spacial score (nSPS) is 12.0. The molecule has 3 aromatic rings. The summed E-state index contributed by atoms with van der Waals surface area (Å²) >= 11 is 0. The highest BCUT2D eigenvalue weighted by molar-refractivity contribution is 7.85. The van der Waals surface area contributed by atoms with Crippen molar-refractivity contribution in [2.75, 3.05) is 45.0 Å². The Labute approximate surface area is 254 Å². The summed E-state index contributed by atoms with van der Waals surface area (Å²) in [6, 6.07) is 20.2. The summed E-state index contributed by atoms with van der Waals surface area (Å²) in [6.45, 7) is 9.21. The van der Waals surface area contributed by atoms with Gasteiger partial charge in [0, 0.05) is 12.7 Å². The van der Waals surface area contributed by atoms with E-state index < -0.39 is 21.8 Å². The second-order valence-electron chi connectivity index (χ2n) is 10.9. The number of anilines is 1. The first-order valence-electron chi connectivity index (χ1n) is 14.0. The second-order valence-corrected chi connectivity index (χ2v) is 12.3. The van der Waals surface area contributed by atoms with E-state index in [9.17, 15) is 17.8 Å². The molecule has 0 spiro atoms. The van der Waals surface area contributed by atoms with Crippen LogP contribution in [0.15, 0.2) is 71.6 Å². The third-order valence-electron chi connectivity index (χ3n) is 6.17. The van der Waals surface area contributed by atoms with Crippen molar-refractivity contribution in [2.45, 2.75) is 44.6 Å². The molecule has 0 aromatic heterocycles. The monoisotopic (exact) mass is 611 g/mol. The van der Waals surface area contributed by atoms with E-state index in [-0.39, 0.29) is 4.90 Å². The van der Waals surface area contributed by atoms with Gasteiger partial charge in [0.2, 0.25) is 0 Å². The molecule has 0 heterocycles. The molecule has 1 amide bonds. The molecule has 0 aliphatic carbocycles. The van der Waals surface area contributed by atoms with E-state index in [0.29, 0.717) is 45.0 Å². The number of ether oxygens (including phenoxy) is 4. The Morgan fingerprint density at radius 1 is 0.837 bits per heavy atom. The van der Waals surface area contributed by atoms with E-state index in [1.165, 1.54) is 11.0 Å². The minimum atomic E-state index is -4.27. The number of amides is 1. The minimum absolute atomic E-state index is 0.0876. The topological polar surface area (TPSA) is 112 Å². The fraction of sp³-hybridized carbons (Fsp3) is 0.364. The summed E-state index contributed by atoms with van der Waals surface area (Å²) in [6.07, 6.45) is 3.97. The average molecular weight is 612 g/mol. The Bertz CT molecular complexity index is 1460. The van der Waals surface area contributed by atoms with E-state index in [0.717, 1.165) is 28.1 Å². The molecule has 0 radical (unpaired) electrons. The predicted octanol–water partition coefficient (Wildman–Crippen LogP) is 6.44. The maximum Gasteiger partial charge on any atom is 0.414 e. The predicted molar refractivity (Wildman–Crippen MR) is 168 cm³/mol. The van der Waals surface area contributed by atoms with Crippen molar-refractivity contribution >= 4 is 34.1 Å². The van der Waals surface area contributed by atoms with E-state index in [2.05, 4.69) is 0 Å². The lowest BCUT2D eigenvalue weighted by Crippen LogP contribution is -2.34. The van der Waals surface area contributed by atoms with Crippen LogP contribution in [0.4, 0.5) is 10.5 Å². The lowest BCUT2D eigenvalue weighted by Gasteiger charge is -2.24. The Hall–Kier alpha value is -3.70. The zero-order valence-electron chi connectivity index (χ0n) is 25.4. The number of hydrogen-bond acceptors (Lipinski definition) is 7. The number of hydrogen-bond donors (Lipinski definition) is 1. The summed E-state index contributed by atoms with van der Waals surface area (Å²) in [7, 11) is -2.58. The van der Waals surface area contributed by atoms with Crippen molar-refractivity contribution in [1.82, 2.24) is 0 Å². The molecule has 232 valence electrons. The van der Waals surface area contributed by atoms with Gasteiger partial charge in [-0.05, 0) is 81.1 Å². The Morgan fingerprint density at radius 3 is 1.98 bits per heavy atom. The van der Waals surface area contributed by atoms with E-state index >= 15 is 0 Å².